The van der Waals surface area contributed by atoms with Crippen molar-refractivity contribution in [3.8, 4) is 0 Å². The lowest BCUT2D eigenvalue weighted by atomic mass is 10.5. The second-order valence-corrected chi connectivity index (χ2v) is 2.19. The summed E-state index contributed by atoms with van der Waals surface area (Å²) in [5, 5.41) is 16.7. The smallest absolute Gasteiger partial charge is 0.373 e. The number of aliphatic hydroxyl groups is 1. The van der Waals surface area contributed by atoms with Gasteiger partial charge in [-0.2, -0.15) is 0 Å². The van der Waals surface area contributed by atoms with Gasteiger partial charge in [-0.3, -0.25) is 4.79 Å². The molecule has 0 aliphatic rings. The Morgan fingerprint density at radius 3 is 2.29 bits per heavy atom. The van der Waals surface area contributed by atoms with Crippen molar-refractivity contribution in [2.24, 2.45) is 0 Å². The molecule has 0 spiro atoms. The summed E-state index contributed by atoms with van der Waals surface area (Å²) in [6.45, 7) is 0.816. The molecule has 0 saturated carbocycles. The highest BCUT2D eigenvalue weighted by Gasteiger charge is 2.18. The number of hydrogen-bond acceptors (Lipinski definition) is 6. The van der Waals surface area contributed by atoms with Crippen LogP contribution < -0.4 is 0 Å². The number of carbonyl (C=O) groups excluding carboxylic acids is 2. The van der Waals surface area contributed by atoms with Crippen LogP contribution in [0.4, 0.5) is 0 Å². The minimum absolute atomic E-state index is 0.0920. The number of rotatable bonds is 5. The highest BCUT2D eigenvalue weighted by Crippen LogP contribution is 1.91. The molecule has 0 aliphatic carbocycles. The predicted octanol–water partition coefficient (Wildman–Crippen LogP) is -1.11. The molecule has 0 aromatic rings. The number of carboxylic acids is 1. The molecule has 1 atom stereocenters. The van der Waals surface area contributed by atoms with E-state index >= 15 is 0 Å². The van der Waals surface area contributed by atoms with E-state index in [0.717, 1.165) is 0 Å². The molecule has 0 fully saturated rings. The van der Waals surface area contributed by atoms with Crippen molar-refractivity contribution in [2.45, 2.75) is 19.6 Å². The molecule has 7 heteroatoms. The maximum atomic E-state index is 10.7. The van der Waals surface area contributed by atoms with Crippen LogP contribution in [0.25, 0.3) is 0 Å². The third-order valence-electron chi connectivity index (χ3n) is 1.09. The summed E-state index contributed by atoms with van der Waals surface area (Å²) in [6, 6.07) is 0. The molecule has 80 valence electrons. The Labute approximate surface area is 79.2 Å². The van der Waals surface area contributed by atoms with Crippen molar-refractivity contribution in [1.82, 2.24) is 0 Å². The predicted molar refractivity (Wildman–Crippen MR) is 41.0 cm³/mol. The molecule has 0 rings (SSSR count). The van der Waals surface area contributed by atoms with Gasteiger partial charge in [-0.1, -0.05) is 6.92 Å². The zero-order chi connectivity index (χ0) is 11.1. The number of aliphatic carboxylic acids is 1. The zero-order valence-electron chi connectivity index (χ0n) is 7.43. The zero-order valence-corrected chi connectivity index (χ0v) is 7.43. The summed E-state index contributed by atoms with van der Waals surface area (Å²) >= 11 is 0. The molecule has 2 N–H and O–H groups in total. The van der Waals surface area contributed by atoms with Gasteiger partial charge < -0.3 is 19.7 Å². The van der Waals surface area contributed by atoms with E-state index in [-0.39, 0.29) is 6.42 Å². The molecular formula is C7H10O7. The fraction of sp³-hybridized carbons (Fsp3) is 0.571. The molecule has 0 saturated heterocycles. The van der Waals surface area contributed by atoms with Crippen LogP contribution in [-0.4, -0.2) is 41.0 Å². The number of carboxylic acid groups (broad SMARTS) is 1. The van der Waals surface area contributed by atoms with Crippen LogP contribution in [0, 0.1) is 0 Å². The molecule has 0 aliphatic heterocycles. The van der Waals surface area contributed by atoms with Gasteiger partial charge in [-0.15, -0.1) is 0 Å². The van der Waals surface area contributed by atoms with E-state index in [2.05, 4.69) is 9.47 Å². The summed E-state index contributed by atoms with van der Waals surface area (Å²) in [4.78, 5) is 31.2. The van der Waals surface area contributed by atoms with Gasteiger partial charge in [-0.25, -0.2) is 9.59 Å². The number of hydrogen-bond donors (Lipinski definition) is 2. The Bertz CT molecular complexity index is 234. The van der Waals surface area contributed by atoms with Crippen LogP contribution in [0.15, 0.2) is 0 Å². The van der Waals surface area contributed by atoms with Gasteiger partial charge in [0.05, 0.1) is 0 Å². The van der Waals surface area contributed by atoms with E-state index in [4.69, 9.17) is 10.2 Å². The SMILES string of the molecule is CCC(=O)OCC(=O)OC(O)C(=O)O. The van der Waals surface area contributed by atoms with Crippen LogP contribution >= 0.6 is 0 Å². The quantitative estimate of drug-likeness (QED) is 0.433. The minimum atomic E-state index is -2.23. The van der Waals surface area contributed by atoms with E-state index in [1.807, 2.05) is 0 Å². The Kier molecular flexibility index (Phi) is 5.23. The first-order chi connectivity index (χ1) is 6.47. The lowest BCUT2D eigenvalue weighted by Gasteiger charge is -2.07. The molecular weight excluding hydrogens is 196 g/mol. The molecule has 0 aromatic carbocycles. The van der Waals surface area contributed by atoms with Crippen LogP contribution in [0.3, 0.4) is 0 Å². The number of carbonyl (C=O) groups is 3. The summed E-state index contributed by atoms with van der Waals surface area (Å²) < 4.78 is 8.26. The first kappa shape index (κ1) is 12.4. The summed E-state index contributed by atoms with van der Waals surface area (Å²) in [5.74, 6) is -3.44. The monoisotopic (exact) mass is 206 g/mol. The topological polar surface area (TPSA) is 110 Å². The maximum Gasteiger partial charge on any atom is 0.373 e. The van der Waals surface area contributed by atoms with E-state index in [1.54, 1.807) is 0 Å². The average Bonchev–Trinajstić information content (AvgIpc) is 2.13. The largest absolute Gasteiger partial charge is 0.477 e. The van der Waals surface area contributed by atoms with Gasteiger partial charge in [0, 0.05) is 6.42 Å². The second kappa shape index (κ2) is 5.92. The summed E-state index contributed by atoms with van der Waals surface area (Å²) in [5.41, 5.74) is 0. The molecule has 1 unspecified atom stereocenters. The highest BCUT2D eigenvalue weighted by atomic mass is 16.7. The molecule has 0 heterocycles. The van der Waals surface area contributed by atoms with E-state index < -0.39 is 30.8 Å². The number of ether oxygens (including phenoxy) is 2. The summed E-state index contributed by atoms with van der Waals surface area (Å²) in [6.07, 6.45) is -2.14. The lowest BCUT2D eigenvalue weighted by molar-refractivity contribution is -0.190. The fourth-order valence-electron chi connectivity index (χ4n) is 0.450. The van der Waals surface area contributed by atoms with Gasteiger partial charge in [0.1, 0.15) is 0 Å². The van der Waals surface area contributed by atoms with Crippen molar-refractivity contribution in [1.29, 1.82) is 0 Å². The van der Waals surface area contributed by atoms with Crippen molar-refractivity contribution in [3.05, 3.63) is 0 Å². The molecule has 14 heavy (non-hydrogen) atoms. The summed E-state index contributed by atoms with van der Waals surface area (Å²) in [7, 11) is 0. The van der Waals surface area contributed by atoms with Gasteiger partial charge in [0.2, 0.25) is 0 Å². The molecule has 0 amide bonds. The van der Waals surface area contributed by atoms with Crippen LogP contribution in [-0.2, 0) is 23.9 Å². The van der Waals surface area contributed by atoms with Crippen molar-refractivity contribution < 1.29 is 34.1 Å². The van der Waals surface area contributed by atoms with Crippen molar-refractivity contribution in [2.75, 3.05) is 6.61 Å². The average molecular weight is 206 g/mol. The Balaban J connectivity index is 3.76. The fourth-order valence-corrected chi connectivity index (χ4v) is 0.450. The Hall–Kier alpha value is -1.63. The molecule has 0 radical (unpaired) electrons. The normalized spacial score (nSPS) is 11.6. The standard InChI is InChI=1S/C7H10O7/c1-2-4(8)13-3-5(9)14-7(12)6(10)11/h7,12H,2-3H2,1H3,(H,10,11). The number of esters is 2. The molecule has 0 aromatic heterocycles. The highest BCUT2D eigenvalue weighted by molar-refractivity contribution is 5.79. The van der Waals surface area contributed by atoms with Crippen LogP contribution in [0.1, 0.15) is 13.3 Å². The lowest BCUT2D eigenvalue weighted by Crippen LogP contribution is -2.28. The van der Waals surface area contributed by atoms with Gasteiger partial charge in [-0.05, 0) is 0 Å². The van der Waals surface area contributed by atoms with Gasteiger partial charge in [0.15, 0.2) is 6.61 Å². The second-order valence-electron chi connectivity index (χ2n) is 2.19. The Morgan fingerprint density at radius 2 is 1.86 bits per heavy atom. The minimum Gasteiger partial charge on any atom is -0.477 e. The van der Waals surface area contributed by atoms with E-state index in [1.165, 1.54) is 6.92 Å². The van der Waals surface area contributed by atoms with Crippen LogP contribution in [0.5, 0.6) is 0 Å². The third-order valence-corrected chi connectivity index (χ3v) is 1.09. The van der Waals surface area contributed by atoms with Crippen molar-refractivity contribution >= 4 is 17.9 Å². The first-order valence-corrected chi connectivity index (χ1v) is 3.73. The Morgan fingerprint density at radius 1 is 1.29 bits per heavy atom. The molecule has 0 bridgehead atoms. The maximum absolute atomic E-state index is 10.7. The van der Waals surface area contributed by atoms with Gasteiger partial charge in [0.25, 0.3) is 6.29 Å². The van der Waals surface area contributed by atoms with Crippen molar-refractivity contribution in [3.63, 3.8) is 0 Å². The van der Waals surface area contributed by atoms with E-state index in [0.29, 0.717) is 0 Å². The third kappa shape index (κ3) is 5.09. The molecule has 7 nitrogen and oxygen atoms in total. The number of aliphatic hydroxyl groups excluding tert-OH is 1. The first-order valence-electron chi connectivity index (χ1n) is 3.73. The van der Waals surface area contributed by atoms with Crippen LogP contribution in [0.2, 0.25) is 0 Å². The van der Waals surface area contributed by atoms with Gasteiger partial charge >= 0.3 is 17.9 Å². The van der Waals surface area contributed by atoms with E-state index in [9.17, 15) is 14.4 Å².